The molecule has 2 aromatic rings. The fraction of sp³-hybridized carbons (Fsp3) is 0.267. The maximum atomic E-state index is 10.4. The van der Waals surface area contributed by atoms with Gasteiger partial charge in [0.1, 0.15) is 11.9 Å². The van der Waals surface area contributed by atoms with Crippen molar-refractivity contribution < 1.29 is 9.84 Å². The summed E-state index contributed by atoms with van der Waals surface area (Å²) in [7, 11) is 1.55. The van der Waals surface area contributed by atoms with Crippen molar-refractivity contribution in [3.8, 4) is 5.75 Å². The maximum Gasteiger partial charge on any atom is 0.137 e. The van der Waals surface area contributed by atoms with Gasteiger partial charge in [0.2, 0.25) is 0 Å². The summed E-state index contributed by atoms with van der Waals surface area (Å²) in [4.78, 5) is 4.30. The average molecular weight is 278 g/mol. The van der Waals surface area contributed by atoms with Gasteiger partial charge in [-0.2, -0.15) is 0 Å². The number of ether oxygens (including phenoxy) is 1. The van der Waals surface area contributed by atoms with Crippen molar-refractivity contribution in [3.05, 3.63) is 57.9 Å². The first-order valence-corrected chi connectivity index (χ1v) is 6.35. The first-order chi connectivity index (χ1) is 9.01. The third kappa shape index (κ3) is 3.06. The number of aryl methyl sites for hydroxylation is 2. The van der Waals surface area contributed by atoms with Crippen molar-refractivity contribution in [1.29, 1.82) is 0 Å². The Morgan fingerprint density at radius 3 is 2.32 bits per heavy atom. The maximum absolute atomic E-state index is 10.4. The highest BCUT2D eigenvalue weighted by atomic mass is 35.5. The van der Waals surface area contributed by atoms with E-state index in [2.05, 4.69) is 4.98 Å². The number of aliphatic hydroxyl groups is 1. The molecule has 1 heterocycles. The molecule has 0 radical (unpaired) electrons. The molecule has 1 N–H and O–H groups in total. The second-order valence-electron chi connectivity index (χ2n) is 4.48. The van der Waals surface area contributed by atoms with Crippen LogP contribution in [0.15, 0.2) is 30.3 Å². The van der Waals surface area contributed by atoms with E-state index in [0.29, 0.717) is 10.8 Å². The minimum Gasteiger partial charge on any atom is -0.495 e. The number of hydrogen-bond acceptors (Lipinski definition) is 3. The van der Waals surface area contributed by atoms with Crippen LogP contribution in [0, 0.1) is 13.8 Å². The number of benzene rings is 1. The van der Waals surface area contributed by atoms with Gasteiger partial charge < -0.3 is 9.84 Å². The molecule has 1 unspecified atom stereocenters. The Labute approximate surface area is 117 Å². The zero-order chi connectivity index (χ0) is 14.0. The molecule has 0 saturated heterocycles. The van der Waals surface area contributed by atoms with Crippen LogP contribution in [-0.4, -0.2) is 17.2 Å². The lowest BCUT2D eigenvalue weighted by Gasteiger charge is -2.14. The van der Waals surface area contributed by atoms with Crippen molar-refractivity contribution in [1.82, 2.24) is 4.98 Å². The van der Waals surface area contributed by atoms with E-state index in [4.69, 9.17) is 16.3 Å². The molecule has 0 amide bonds. The molecule has 2 rings (SSSR count). The van der Waals surface area contributed by atoms with E-state index in [1.54, 1.807) is 25.3 Å². The average Bonchev–Trinajstić information content (AvgIpc) is 2.37. The summed E-state index contributed by atoms with van der Waals surface area (Å²) in [6.45, 7) is 3.82. The molecule has 3 nitrogen and oxygen atoms in total. The monoisotopic (exact) mass is 277 g/mol. The predicted molar refractivity (Wildman–Crippen MR) is 75.8 cm³/mol. The molecule has 0 aliphatic carbocycles. The van der Waals surface area contributed by atoms with Gasteiger partial charge in [0.15, 0.2) is 0 Å². The van der Waals surface area contributed by atoms with Crippen molar-refractivity contribution in [2.75, 3.05) is 7.11 Å². The third-order valence-electron chi connectivity index (χ3n) is 2.91. The number of rotatable bonds is 3. The summed E-state index contributed by atoms with van der Waals surface area (Å²) in [6.07, 6.45) is -0.716. The van der Waals surface area contributed by atoms with Crippen molar-refractivity contribution in [2.45, 2.75) is 20.0 Å². The minimum absolute atomic E-state index is 0.528. The Bertz CT molecular complexity index is 578. The molecule has 0 aliphatic heterocycles. The molecular formula is C15H16ClNO2. The smallest absolute Gasteiger partial charge is 0.137 e. The van der Waals surface area contributed by atoms with Crippen molar-refractivity contribution in [2.24, 2.45) is 0 Å². The lowest BCUT2D eigenvalue weighted by Crippen LogP contribution is -2.02. The summed E-state index contributed by atoms with van der Waals surface area (Å²) < 4.78 is 5.16. The SMILES string of the molecule is COc1cc(C(O)c2cc(C)nc(C)c2)ccc1Cl. The van der Waals surface area contributed by atoms with Gasteiger partial charge in [-0.25, -0.2) is 0 Å². The molecule has 0 spiro atoms. The Balaban J connectivity index is 2.40. The summed E-state index contributed by atoms with van der Waals surface area (Å²) in [5.74, 6) is 0.556. The van der Waals surface area contributed by atoms with E-state index in [1.807, 2.05) is 26.0 Å². The van der Waals surface area contributed by atoms with Gasteiger partial charge in [0.25, 0.3) is 0 Å². The number of pyridine rings is 1. The van der Waals surface area contributed by atoms with Crippen LogP contribution in [0.3, 0.4) is 0 Å². The number of aliphatic hydroxyl groups excluding tert-OH is 1. The van der Waals surface area contributed by atoms with Gasteiger partial charge >= 0.3 is 0 Å². The van der Waals surface area contributed by atoms with Crippen LogP contribution in [0.25, 0.3) is 0 Å². The largest absolute Gasteiger partial charge is 0.495 e. The first-order valence-electron chi connectivity index (χ1n) is 5.98. The van der Waals surface area contributed by atoms with Crippen LogP contribution in [0.5, 0.6) is 5.75 Å². The Morgan fingerprint density at radius 2 is 1.74 bits per heavy atom. The highest BCUT2D eigenvalue weighted by Gasteiger charge is 2.13. The fourth-order valence-electron chi connectivity index (χ4n) is 2.06. The minimum atomic E-state index is -0.716. The highest BCUT2D eigenvalue weighted by Crippen LogP contribution is 2.30. The van der Waals surface area contributed by atoms with Gasteiger partial charge in [-0.15, -0.1) is 0 Å². The number of nitrogens with zero attached hydrogens (tertiary/aromatic N) is 1. The molecule has 1 atom stereocenters. The van der Waals surface area contributed by atoms with E-state index in [-0.39, 0.29) is 0 Å². The number of aromatic nitrogens is 1. The summed E-state index contributed by atoms with van der Waals surface area (Å²) in [5, 5.41) is 11.0. The summed E-state index contributed by atoms with van der Waals surface area (Å²) in [6, 6.07) is 9.01. The lowest BCUT2D eigenvalue weighted by atomic mass is 10.0. The molecule has 0 aliphatic rings. The van der Waals surface area contributed by atoms with Crippen LogP contribution in [0.1, 0.15) is 28.6 Å². The summed E-state index contributed by atoms with van der Waals surface area (Å²) >= 11 is 5.98. The van der Waals surface area contributed by atoms with Gasteiger partial charge in [-0.3, -0.25) is 4.98 Å². The summed E-state index contributed by atoms with van der Waals surface area (Å²) in [5.41, 5.74) is 3.32. The van der Waals surface area contributed by atoms with Gasteiger partial charge in [0, 0.05) is 11.4 Å². The van der Waals surface area contributed by atoms with Crippen LogP contribution < -0.4 is 4.74 Å². The zero-order valence-corrected chi connectivity index (χ0v) is 11.9. The zero-order valence-electron chi connectivity index (χ0n) is 11.1. The Morgan fingerprint density at radius 1 is 1.11 bits per heavy atom. The van der Waals surface area contributed by atoms with Crippen LogP contribution in [0.4, 0.5) is 0 Å². The molecule has 1 aromatic heterocycles. The Kier molecular flexibility index (Phi) is 4.08. The molecule has 1 aromatic carbocycles. The fourth-order valence-corrected chi connectivity index (χ4v) is 2.26. The van der Waals surface area contributed by atoms with E-state index in [1.165, 1.54) is 0 Å². The second-order valence-corrected chi connectivity index (χ2v) is 4.89. The van der Waals surface area contributed by atoms with E-state index < -0.39 is 6.10 Å². The van der Waals surface area contributed by atoms with Gasteiger partial charge in [-0.05, 0) is 49.2 Å². The van der Waals surface area contributed by atoms with E-state index in [0.717, 1.165) is 22.5 Å². The molecule has 0 fully saturated rings. The van der Waals surface area contributed by atoms with Gasteiger partial charge in [0.05, 0.1) is 12.1 Å². The molecule has 0 saturated carbocycles. The highest BCUT2D eigenvalue weighted by molar-refractivity contribution is 6.32. The van der Waals surface area contributed by atoms with Crippen molar-refractivity contribution >= 4 is 11.6 Å². The second kappa shape index (κ2) is 5.59. The van der Waals surface area contributed by atoms with Crippen LogP contribution >= 0.6 is 11.6 Å². The van der Waals surface area contributed by atoms with E-state index in [9.17, 15) is 5.11 Å². The first kappa shape index (κ1) is 13.8. The lowest BCUT2D eigenvalue weighted by molar-refractivity contribution is 0.219. The normalized spacial score (nSPS) is 12.3. The number of halogens is 1. The van der Waals surface area contributed by atoms with Crippen molar-refractivity contribution in [3.63, 3.8) is 0 Å². The number of hydrogen-bond donors (Lipinski definition) is 1. The van der Waals surface area contributed by atoms with Crippen LogP contribution in [0.2, 0.25) is 5.02 Å². The number of methoxy groups -OCH3 is 1. The molecular weight excluding hydrogens is 262 g/mol. The topological polar surface area (TPSA) is 42.4 Å². The molecule has 0 bridgehead atoms. The molecule has 100 valence electrons. The van der Waals surface area contributed by atoms with Crippen LogP contribution in [-0.2, 0) is 0 Å². The predicted octanol–water partition coefficient (Wildman–Crippen LogP) is 3.44. The van der Waals surface area contributed by atoms with E-state index >= 15 is 0 Å². The Hall–Kier alpha value is -1.58. The standard InChI is InChI=1S/C15H16ClNO2/c1-9-6-12(7-10(2)17-9)15(18)11-4-5-13(16)14(8-11)19-3/h4-8,15,18H,1-3H3. The quantitative estimate of drug-likeness (QED) is 0.934. The third-order valence-corrected chi connectivity index (χ3v) is 3.22. The molecule has 19 heavy (non-hydrogen) atoms. The van der Waals surface area contributed by atoms with Gasteiger partial charge in [-0.1, -0.05) is 17.7 Å². The molecule has 4 heteroatoms.